The van der Waals surface area contributed by atoms with E-state index in [2.05, 4.69) is 4.90 Å². The van der Waals surface area contributed by atoms with Crippen LogP contribution in [0.2, 0.25) is 0 Å². The summed E-state index contributed by atoms with van der Waals surface area (Å²) in [7, 11) is -1.94. The number of carboxylic acids is 1. The number of carbonyl (C=O) groups is 1. The second-order valence-electron chi connectivity index (χ2n) is 5.32. The van der Waals surface area contributed by atoms with Crippen molar-refractivity contribution in [3.8, 4) is 0 Å². The average Bonchev–Trinajstić information content (AvgIpc) is 2.46. The van der Waals surface area contributed by atoms with Crippen LogP contribution in [0.5, 0.6) is 0 Å². The van der Waals surface area contributed by atoms with E-state index in [1.54, 1.807) is 0 Å². The van der Waals surface area contributed by atoms with E-state index in [-0.39, 0.29) is 6.04 Å². The predicted molar refractivity (Wildman–Crippen MR) is 79.4 cm³/mol. The SMILES string of the molecule is CC(C(=O)O)S(=O)(=O)N1CCN(C)CC1c1ccccc1. The molecule has 1 aromatic carbocycles. The van der Waals surface area contributed by atoms with Crippen LogP contribution in [-0.4, -0.2) is 60.6 Å². The highest BCUT2D eigenvalue weighted by molar-refractivity contribution is 7.90. The molecule has 1 N–H and O–H groups in total. The summed E-state index contributed by atoms with van der Waals surface area (Å²) in [5.41, 5.74) is 0.880. The van der Waals surface area contributed by atoms with Gasteiger partial charge in [0.05, 0.1) is 6.04 Å². The Morgan fingerprint density at radius 2 is 1.90 bits per heavy atom. The van der Waals surface area contributed by atoms with Crippen LogP contribution in [-0.2, 0) is 14.8 Å². The Balaban J connectivity index is 2.38. The number of hydrogen-bond acceptors (Lipinski definition) is 4. The highest BCUT2D eigenvalue weighted by Crippen LogP contribution is 2.29. The molecule has 2 atom stereocenters. The molecule has 0 bridgehead atoms. The predicted octanol–water partition coefficient (Wildman–Crippen LogP) is 0.778. The number of benzene rings is 1. The van der Waals surface area contributed by atoms with Crippen molar-refractivity contribution in [1.82, 2.24) is 9.21 Å². The van der Waals surface area contributed by atoms with Crippen LogP contribution >= 0.6 is 0 Å². The van der Waals surface area contributed by atoms with Crippen LogP contribution in [0.3, 0.4) is 0 Å². The summed E-state index contributed by atoms with van der Waals surface area (Å²) in [6.45, 7) is 2.67. The Kier molecular flexibility index (Phi) is 4.65. The standard InChI is InChI=1S/C14H20N2O4S/c1-11(14(17)18)21(19,20)16-9-8-15(2)10-13(16)12-6-4-3-5-7-12/h3-7,11,13H,8-10H2,1-2H3,(H,17,18). The van der Waals surface area contributed by atoms with E-state index in [1.807, 2.05) is 37.4 Å². The van der Waals surface area contributed by atoms with E-state index < -0.39 is 21.2 Å². The Morgan fingerprint density at radius 1 is 1.29 bits per heavy atom. The second-order valence-corrected chi connectivity index (χ2v) is 7.53. The third kappa shape index (κ3) is 3.25. The van der Waals surface area contributed by atoms with Gasteiger partial charge in [0.2, 0.25) is 10.0 Å². The first-order valence-electron chi connectivity index (χ1n) is 6.81. The van der Waals surface area contributed by atoms with Crippen LogP contribution in [0.4, 0.5) is 0 Å². The van der Waals surface area contributed by atoms with E-state index in [1.165, 1.54) is 11.2 Å². The zero-order valence-electron chi connectivity index (χ0n) is 12.1. The van der Waals surface area contributed by atoms with E-state index in [9.17, 15) is 13.2 Å². The van der Waals surface area contributed by atoms with Crippen molar-refractivity contribution in [3.05, 3.63) is 35.9 Å². The molecular formula is C14H20N2O4S. The van der Waals surface area contributed by atoms with Gasteiger partial charge in [-0.15, -0.1) is 0 Å². The van der Waals surface area contributed by atoms with Gasteiger partial charge in [0.15, 0.2) is 5.25 Å². The zero-order chi connectivity index (χ0) is 15.6. The van der Waals surface area contributed by atoms with Crippen molar-refractivity contribution in [2.24, 2.45) is 0 Å². The Hall–Kier alpha value is -1.44. The minimum absolute atomic E-state index is 0.302. The fourth-order valence-electron chi connectivity index (χ4n) is 2.48. The maximum absolute atomic E-state index is 12.5. The molecule has 0 radical (unpaired) electrons. The normalized spacial score (nSPS) is 22.9. The van der Waals surface area contributed by atoms with Gasteiger partial charge in [-0.25, -0.2) is 8.42 Å². The molecule has 116 valence electrons. The summed E-state index contributed by atoms with van der Waals surface area (Å²) in [4.78, 5) is 13.1. The van der Waals surface area contributed by atoms with E-state index >= 15 is 0 Å². The number of likely N-dealkylation sites (N-methyl/N-ethyl adjacent to an activating group) is 1. The molecule has 0 aromatic heterocycles. The summed E-state index contributed by atoms with van der Waals surface area (Å²) in [6, 6.07) is 8.98. The molecule has 7 heteroatoms. The molecule has 0 saturated carbocycles. The lowest BCUT2D eigenvalue weighted by atomic mass is 10.1. The minimum atomic E-state index is -3.87. The summed E-state index contributed by atoms with van der Waals surface area (Å²) in [5.74, 6) is -1.32. The van der Waals surface area contributed by atoms with Crippen LogP contribution in [0.15, 0.2) is 30.3 Å². The maximum atomic E-state index is 12.5. The topological polar surface area (TPSA) is 77.9 Å². The van der Waals surface area contributed by atoms with E-state index in [0.717, 1.165) is 5.56 Å². The average molecular weight is 312 g/mol. The number of carboxylic acid groups (broad SMARTS) is 1. The number of nitrogens with zero attached hydrogens (tertiary/aromatic N) is 2. The van der Waals surface area contributed by atoms with Gasteiger partial charge in [-0.2, -0.15) is 4.31 Å². The maximum Gasteiger partial charge on any atom is 0.323 e. The summed E-state index contributed by atoms with van der Waals surface area (Å²) in [6.07, 6.45) is 0. The largest absolute Gasteiger partial charge is 0.480 e. The summed E-state index contributed by atoms with van der Waals surface area (Å²) in [5, 5.41) is 7.60. The molecule has 1 heterocycles. The first-order chi connectivity index (χ1) is 9.84. The van der Waals surface area contributed by atoms with E-state index in [4.69, 9.17) is 5.11 Å². The molecule has 2 unspecified atom stereocenters. The van der Waals surface area contributed by atoms with Crippen LogP contribution in [0.1, 0.15) is 18.5 Å². The number of piperazine rings is 1. The van der Waals surface area contributed by atoms with Gasteiger partial charge in [-0.05, 0) is 19.5 Å². The molecule has 1 aliphatic heterocycles. The monoisotopic (exact) mass is 312 g/mol. The molecule has 6 nitrogen and oxygen atoms in total. The van der Waals surface area contributed by atoms with Crippen molar-refractivity contribution >= 4 is 16.0 Å². The Labute approximate surface area is 125 Å². The first-order valence-corrected chi connectivity index (χ1v) is 8.31. The lowest BCUT2D eigenvalue weighted by molar-refractivity contribution is -0.136. The van der Waals surface area contributed by atoms with E-state index in [0.29, 0.717) is 19.6 Å². The molecular weight excluding hydrogens is 292 g/mol. The molecule has 2 rings (SSSR count). The molecule has 1 saturated heterocycles. The highest BCUT2D eigenvalue weighted by atomic mass is 32.2. The third-order valence-electron chi connectivity index (χ3n) is 3.84. The second kappa shape index (κ2) is 6.13. The highest BCUT2D eigenvalue weighted by Gasteiger charge is 2.40. The molecule has 1 fully saturated rings. The number of hydrogen-bond donors (Lipinski definition) is 1. The summed E-state index contributed by atoms with van der Waals surface area (Å²) < 4.78 is 26.4. The fraction of sp³-hybridized carbons (Fsp3) is 0.500. The van der Waals surface area contributed by atoms with Crippen molar-refractivity contribution in [2.75, 3.05) is 26.7 Å². The molecule has 0 aliphatic carbocycles. The number of sulfonamides is 1. The van der Waals surface area contributed by atoms with Gasteiger partial charge in [0, 0.05) is 19.6 Å². The van der Waals surface area contributed by atoms with Crippen LogP contribution < -0.4 is 0 Å². The van der Waals surface area contributed by atoms with Gasteiger partial charge < -0.3 is 10.0 Å². The number of aliphatic carboxylic acids is 1. The van der Waals surface area contributed by atoms with Gasteiger partial charge in [0.1, 0.15) is 0 Å². The molecule has 0 amide bonds. The lowest BCUT2D eigenvalue weighted by Crippen LogP contribution is -2.52. The van der Waals surface area contributed by atoms with Crippen LogP contribution in [0, 0.1) is 0 Å². The molecule has 1 aromatic rings. The zero-order valence-corrected chi connectivity index (χ0v) is 13.0. The van der Waals surface area contributed by atoms with Crippen molar-refractivity contribution in [2.45, 2.75) is 18.2 Å². The van der Waals surface area contributed by atoms with Crippen molar-refractivity contribution in [3.63, 3.8) is 0 Å². The van der Waals surface area contributed by atoms with Crippen LogP contribution in [0.25, 0.3) is 0 Å². The third-order valence-corrected chi connectivity index (χ3v) is 6.03. The molecule has 1 aliphatic rings. The molecule has 21 heavy (non-hydrogen) atoms. The minimum Gasteiger partial charge on any atom is -0.480 e. The molecule has 0 spiro atoms. The van der Waals surface area contributed by atoms with Crippen molar-refractivity contribution < 1.29 is 18.3 Å². The summed E-state index contributed by atoms with van der Waals surface area (Å²) >= 11 is 0. The smallest absolute Gasteiger partial charge is 0.323 e. The Bertz CT molecular complexity index is 603. The van der Waals surface area contributed by atoms with Crippen molar-refractivity contribution in [1.29, 1.82) is 0 Å². The Morgan fingerprint density at radius 3 is 2.48 bits per heavy atom. The van der Waals surface area contributed by atoms with Gasteiger partial charge in [-0.1, -0.05) is 30.3 Å². The van der Waals surface area contributed by atoms with Gasteiger partial charge in [0.25, 0.3) is 0 Å². The fourth-order valence-corrected chi connectivity index (χ4v) is 4.02. The number of rotatable bonds is 4. The first kappa shape index (κ1) is 15.9. The van der Waals surface area contributed by atoms with Gasteiger partial charge >= 0.3 is 5.97 Å². The van der Waals surface area contributed by atoms with Gasteiger partial charge in [-0.3, -0.25) is 4.79 Å². The quantitative estimate of drug-likeness (QED) is 0.889. The lowest BCUT2D eigenvalue weighted by Gasteiger charge is -2.40.